The summed E-state index contributed by atoms with van der Waals surface area (Å²) in [6.45, 7) is 4.02. The first-order valence-electron chi connectivity index (χ1n) is 8.73. The second kappa shape index (κ2) is 7.87. The average molecular weight is 348 g/mol. The molecule has 26 heavy (non-hydrogen) atoms. The van der Waals surface area contributed by atoms with Gasteiger partial charge >= 0.3 is 6.03 Å². The SMILES string of the molecule is CC(NC(=O)N(C)C(C)c1ccccc1)c1ccc(-n2ccnc2)cc1. The molecule has 0 radical (unpaired) electrons. The number of aromatic nitrogens is 2. The maximum absolute atomic E-state index is 12.6. The molecule has 5 heteroatoms. The molecule has 134 valence electrons. The standard InChI is InChI=1S/C21H24N4O/c1-16(18-9-11-20(12-10-18)25-14-13-22-15-25)23-21(26)24(3)17(2)19-7-5-4-6-8-19/h4-17H,1-3H3,(H,23,26). The van der Waals surface area contributed by atoms with Gasteiger partial charge in [-0.3, -0.25) is 0 Å². The summed E-state index contributed by atoms with van der Waals surface area (Å²) in [5.41, 5.74) is 3.21. The maximum atomic E-state index is 12.6. The van der Waals surface area contributed by atoms with Crippen molar-refractivity contribution in [2.75, 3.05) is 7.05 Å². The largest absolute Gasteiger partial charge is 0.331 e. The van der Waals surface area contributed by atoms with Crippen LogP contribution in [0.25, 0.3) is 5.69 Å². The molecule has 0 aliphatic heterocycles. The van der Waals surface area contributed by atoms with Crippen LogP contribution in [0.5, 0.6) is 0 Å². The number of amides is 2. The number of hydrogen-bond donors (Lipinski definition) is 1. The van der Waals surface area contributed by atoms with E-state index in [1.54, 1.807) is 17.4 Å². The Labute approximate surface area is 154 Å². The first kappa shape index (κ1) is 17.7. The van der Waals surface area contributed by atoms with Crippen molar-refractivity contribution < 1.29 is 4.79 Å². The first-order valence-corrected chi connectivity index (χ1v) is 8.73. The van der Waals surface area contributed by atoms with Crippen LogP contribution in [-0.2, 0) is 0 Å². The minimum absolute atomic E-state index is 0.00650. The lowest BCUT2D eigenvalue weighted by atomic mass is 10.1. The summed E-state index contributed by atoms with van der Waals surface area (Å²) in [7, 11) is 1.82. The van der Waals surface area contributed by atoms with Crippen LogP contribution < -0.4 is 5.32 Å². The molecule has 0 aliphatic carbocycles. The topological polar surface area (TPSA) is 50.2 Å². The van der Waals surface area contributed by atoms with E-state index in [-0.39, 0.29) is 18.1 Å². The van der Waals surface area contributed by atoms with Gasteiger partial charge in [-0.2, -0.15) is 0 Å². The Morgan fingerprint density at radius 3 is 2.35 bits per heavy atom. The van der Waals surface area contributed by atoms with E-state index < -0.39 is 0 Å². The molecular formula is C21H24N4O. The molecule has 0 fully saturated rings. The summed E-state index contributed by atoms with van der Waals surface area (Å²) in [5.74, 6) is 0. The van der Waals surface area contributed by atoms with Crippen LogP contribution in [0.3, 0.4) is 0 Å². The number of nitrogens with one attached hydrogen (secondary N) is 1. The molecule has 2 unspecified atom stereocenters. The summed E-state index contributed by atoms with van der Waals surface area (Å²) in [4.78, 5) is 18.4. The summed E-state index contributed by atoms with van der Waals surface area (Å²) in [5, 5.41) is 3.07. The molecule has 0 saturated heterocycles. The zero-order valence-corrected chi connectivity index (χ0v) is 15.3. The lowest BCUT2D eigenvalue weighted by Crippen LogP contribution is -2.39. The van der Waals surface area contributed by atoms with E-state index >= 15 is 0 Å². The van der Waals surface area contributed by atoms with E-state index in [1.807, 2.05) is 86.3 Å². The molecule has 5 nitrogen and oxygen atoms in total. The molecule has 3 rings (SSSR count). The van der Waals surface area contributed by atoms with Crippen LogP contribution in [0.2, 0.25) is 0 Å². The number of urea groups is 1. The average Bonchev–Trinajstić information content (AvgIpc) is 3.22. The molecular weight excluding hydrogens is 324 g/mol. The van der Waals surface area contributed by atoms with Gasteiger partial charge < -0.3 is 14.8 Å². The van der Waals surface area contributed by atoms with Crippen LogP contribution >= 0.6 is 0 Å². The minimum Gasteiger partial charge on any atom is -0.331 e. The molecule has 1 heterocycles. The smallest absolute Gasteiger partial charge is 0.318 e. The van der Waals surface area contributed by atoms with Gasteiger partial charge in [0.1, 0.15) is 0 Å². The van der Waals surface area contributed by atoms with Crippen molar-refractivity contribution in [3.63, 3.8) is 0 Å². The van der Waals surface area contributed by atoms with Crippen molar-refractivity contribution in [3.05, 3.63) is 84.4 Å². The Morgan fingerprint density at radius 1 is 1.04 bits per heavy atom. The summed E-state index contributed by atoms with van der Waals surface area (Å²) in [6, 6.07) is 18.0. The highest BCUT2D eigenvalue weighted by molar-refractivity contribution is 5.75. The number of benzene rings is 2. The zero-order chi connectivity index (χ0) is 18.5. The Hall–Kier alpha value is -3.08. The van der Waals surface area contributed by atoms with Crippen LogP contribution in [0.1, 0.15) is 37.1 Å². The highest BCUT2D eigenvalue weighted by Gasteiger charge is 2.19. The molecule has 1 aromatic heterocycles. The summed E-state index contributed by atoms with van der Waals surface area (Å²) in [6.07, 6.45) is 5.42. The lowest BCUT2D eigenvalue weighted by molar-refractivity contribution is 0.191. The third kappa shape index (κ3) is 3.94. The van der Waals surface area contributed by atoms with Crippen LogP contribution in [0.15, 0.2) is 73.3 Å². The van der Waals surface area contributed by atoms with Crippen molar-refractivity contribution in [2.24, 2.45) is 0 Å². The predicted molar refractivity (Wildman–Crippen MR) is 103 cm³/mol. The molecule has 0 aliphatic rings. The molecule has 0 spiro atoms. The van der Waals surface area contributed by atoms with Crippen LogP contribution in [0, 0.1) is 0 Å². The monoisotopic (exact) mass is 348 g/mol. The molecule has 0 saturated carbocycles. The fraction of sp³-hybridized carbons (Fsp3) is 0.238. The van der Waals surface area contributed by atoms with Crippen molar-refractivity contribution in [2.45, 2.75) is 25.9 Å². The van der Waals surface area contributed by atoms with Crippen LogP contribution in [0.4, 0.5) is 4.79 Å². The van der Waals surface area contributed by atoms with Crippen molar-refractivity contribution >= 4 is 6.03 Å². The van der Waals surface area contributed by atoms with Crippen molar-refractivity contribution in [3.8, 4) is 5.69 Å². The van der Waals surface area contributed by atoms with Gasteiger partial charge in [0.05, 0.1) is 18.4 Å². The second-order valence-corrected chi connectivity index (χ2v) is 6.43. The minimum atomic E-state index is -0.0902. The number of nitrogens with zero attached hydrogens (tertiary/aromatic N) is 3. The normalized spacial score (nSPS) is 13.0. The van der Waals surface area contributed by atoms with E-state index in [0.29, 0.717) is 0 Å². The van der Waals surface area contributed by atoms with E-state index in [1.165, 1.54) is 0 Å². The summed E-state index contributed by atoms with van der Waals surface area (Å²) >= 11 is 0. The highest BCUT2D eigenvalue weighted by atomic mass is 16.2. The van der Waals surface area contributed by atoms with E-state index in [9.17, 15) is 4.79 Å². The Kier molecular flexibility index (Phi) is 5.37. The second-order valence-electron chi connectivity index (χ2n) is 6.43. The van der Waals surface area contributed by atoms with Gasteiger partial charge in [-0.15, -0.1) is 0 Å². The third-order valence-electron chi connectivity index (χ3n) is 4.72. The lowest BCUT2D eigenvalue weighted by Gasteiger charge is -2.27. The number of carbonyl (C=O) groups is 1. The summed E-state index contributed by atoms with van der Waals surface area (Å²) < 4.78 is 1.95. The zero-order valence-electron chi connectivity index (χ0n) is 15.3. The Balaban J connectivity index is 1.63. The van der Waals surface area contributed by atoms with Crippen molar-refractivity contribution in [1.82, 2.24) is 19.8 Å². The molecule has 1 N–H and O–H groups in total. The third-order valence-corrected chi connectivity index (χ3v) is 4.72. The van der Waals surface area contributed by atoms with Gasteiger partial charge in [0.25, 0.3) is 0 Å². The van der Waals surface area contributed by atoms with E-state index in [0.717, 1.165) is 16.8 Å². The quantitative estimate of drug-likeness (QED) is 0.746. The molecule has 2 atom stereocenters. The molecule has 3 aromatic rings. The van der Waals surface area contributed by atoms with Gasteiger partial charge in [0.15, 0.2) is 0 Å². The van der Waals surface area contributed by atoms with Gasteiger partial charge in [-0.1, -0.05) is 42.5 Å². The van der Waals surface area contributed by atoms with E-state index in [2.05, 4.69) is 10.3 Å². The maximum Gasteiger partial charge on any atom is 0.318 e. The number of hydrogen-bond acceptors (Lipinski definition) is 2. The highest BCUT2D eigenvalue weighted by Crippen LogP contribution is 2.20. The molecule has 2 amide bonds. The van der Waals surface area contributed by atoms with Gasteiger partial charge in [-0.25, -0.2) is 9.78 Å². The molecule has 2 aromatic carbocycles. The van der Waals surface area contributed by atoms with E-state index in [4.69, 9.17) is 0 Å². The van der Waals surface area contributed by atoms with Gasteiger partial charge in [0, 0.05) is 25.1 Å². The van der Waals surface area contributed by atoms with Crippen molar-refractivity contribution in [1.29, 1.82) is 0 Å². The fourth-order valence-electron chi connectivity index (χ4n) is 2.85. The number of imidazole rings is 1. The molecule has 0 bridgehead atoms. The van der Waals surface area contributed by atoms with Crippen LogP contribution in [-0.4, -0.2) is 27.5 Å². The number of carbonyl (C=O) groups excluding carboxylic acids is 1. The Bertz CT molecular complexity index is 828. The van der Waals surface area contributed by atoms with Gasteiger partial charge in [0.2, 0.25) is 0 Å². The predicted octanol–water partition coefficient (Wildman–Crippen LogP) is 4.34. The van der Waals surface area contributed by atoms with Gasteiger partial charge in [-0.05, 0) is 37.1 Å². The fourth-order valence-corrected chi connectivity index (χ4v) is 2.85. The first-order chi connectivity index (χ1) is 12.6. The number of rotatable bonds is 5. The Morgan fingerprint density at radius 2 is 1.73 bits per heavy atom.